The van der Waals surface area contributed by atoms with Crippen LogP contribution < -0.4 is 15.8 Å². The molecule has 1 aromatic carbocycles. The first-order valence-electron chi connectivity index (χ1n) is 7.28. The molecule has 5 nitrogen and oxygen atoms in total. The second-order valence-corrected chi connectivity index (χ2v) is 4.88. The van der Waals surface area contributed by atoms with Crippen molar-refractivity contribution in [2.45, 2.75) is 20.3 Å². The predicted molar refractivity (Wildman–Crippen MR) is 84.7 cm³/mol. The molecule has 1 aliphatic heterocycles. The van der Waals surface area contributed by atoms with Crippen molar-refractivity contribution < 1.29 is 4.74 Å². The van der Waals surface area contributed by atoms with Crippen LogP contribution in [0.15, 0.2) is 23.2 Å². The lowest BCUT2D eigenvalue weighted by molar-refractivity contribution is 0.301. The van der Waals surface area contributed by atoms with Gasteiger partial charge >= 0.3 is 0 Å². The zero-order valence-corrected chi connectivity index (χ0v) is 12.4. The van der Waals surface area contributed by atoms with Crippen LogP contribution in [-0.2, 0) is 0 Å². The van der Waals surface area contributed by atoms with Crippen LogP contribution in [0.4, 0.5) is 11.4 Å². The number of hydrogen-bond acceptors (Lipinski definition) is 4. The molecule has 0 atom stereocenters. The van der Waals surface area contributed by atoms with Gasteiger partial charge in [0.1, 0.15) is 18.2 Å². The van der Waals surface area contributed by atoms with Crippen LogP contribution in [0.2, 0.25) is 0 Å². The minimum atomic E-state index is 0.502. The van der Waals surface area contributed by atoms with Crippen molar-refractivity contribution in [2.24, 2.45) is 4.99 Å². The summed E-state index contributed by atoms with van der Waals surface area (Å²) in [6.45, 7) is 8.99. The number of nitrogen functional groups attached to an aromatic ring is 1. The molecule has 0 bridgehead atoms. The Morgan fingerprint density at radius 1 is 1.35 bits per heavy atom. The van der Waals surface area contributed by atoms with Crippen LogP contribution in [0, 0.1) is 0 Å². The molecular weight excluding hydrogens is 252 g/mol. The third-order valence-corrected chi connectivity index (χ3v) is 3.48. The number of amidine groups is 1. The second-order valence-electron chi connectivity index (χ2n) is 4.88. The maximum absolute atomic E-state index is 5.77. The van der Waals surface area contributed by atoms with Gasteiger partial charge in [-0.3, -0.25) is 4.99 Å². The lowest BCUT2D eigenvalue weighted by Crippen LogP contribution is -2.27. The number of benzene rings is 1. The Morgan fingerprint density at radius 3 is 2.90 bits per heavy atom. The molecular formula is C15H24N4O. The number of anilines is 2. The molecule has 1 aliphatic rings. The van der Waals surface area contributed by atoms with Crippen molar-refractivity contribution in [3.8, 4) is 5.75 Å². The summed E-state index contributed by atoms with van der Waals surface area (Å²) in [4.78, 5) is 6.97. The van der Waals surface area contributed by atoms with E-state index in [9.17, 15) is 0 Å². The average Bonchev–Trinajstić information content (AvgIpc) is 2.47. The number of nitrogens with one attached hydrogen (secondary N) is 1. The van der Waals surface area contributed by atoms with Gasteiger partial charge in [-0.1, -0.05) is 13.8 Å². The molecule has 0 radical (unpaired) electrons. The Kier molecular flexibility index (Phi) is 5.24. The Morgan fingerprint density at radius 2 is 2.15 bits per heavy atom. The number of nitrogens with two attached hydrogens (primary N) is 1. The largest absolute Gasteiger partial charge is 0.484 e. The summed E-state index contributed by atoms with van der Waals surface area (Å²) in [5.41, 5.74) is 7.40. The number of rotatable bonds is 6. The highest BCUT2D eigenvalue weighted by molar-refractivity contribution is 5.99. The Bertz CT molecular complexity index is 469. The highest BCUT2D eigenvalue weighted by Gasteiger charge is 2.14. The van der Waals surface area contributed by atoms with E-state index in [0.717, 1.165) is 55.6 Å². The monoisotopic (exact) mass is 276 g/mol. The van der Waals surface area contributed by atoms with Crippen LogP contribution in [0.1, 0.15) is 20.3 Å². The van der Waals surface area contributed by atoms with Gasteiger partial charge in [0.2, 0.25) is 0 Å². The molecule has 0 saturated carbocycles. The van der Waals surface area contributed by atoms with Gasteiger partial charge in [-0.25, -0.2) is 0 Å². The number of hydrogen-bond donors (Lipinski definition) is 2. The standard InChI is InChI=1S/C15H24N4O/c1-3-19(4-2)9-5-8-17-15-11-20-14-7-6-12(16)10-13(14)18-15/h6-7,10H,3-5,8-9,11,16H2,1-2H3,(H,17,18). The zero-order chi connectivity index (χ0) is 14.4. The van der Waals surface area contributed by atoms with Gasteiger partial charge in [0, 0.05) is 12.2 Å². The van der Waals surface area contributed by atoms with Crippen LogP contribution in [0.25, 0.3) is 0 Å². The summed E-state index contributed by atoms with van der Waals surface area (Å²) in [7, 11) is 0. The minimum absolute atomic E-state index is 0.502. The molecule has 110 valence electrons. The van der Waals surface area contributed by atoms with E-state index in [0.29, 0.717) is 6.61 Å². The van der Waals surface area contributed by atoms with Crippen molar-refractivity contribution >= 4 is 17.2 Å². The fraction of sp³-hybridized carbons (Fsp3) is 0.533. The molecule has 3 N–H and O–H groups in total. The van der Waals surface area contributed by atoms with Gasteiger partial charge in [0.15, 0.2) is 0 Å². The third kappa shape index (κ3) is 3.87. The van der Waals surface area contributed by atoms with Gasteiger partial charge in [-0.2, -0.15) is 0 Å². The molecule has 20 heavy (non-hydrogen) atoms. The summed E-state index contributed by atoms with van der Waals surface area (Å²) < 4.78 is 5.65. The first-order chi connectivity index (χ1) is 9.72. The number of ether oxygens (including phenoxy) is 1. The Hall–Kier alpha value is -1.75. The molecule has 0 unspecified atom stereocenters. The van der Waals surface area contributed by atoms with E-state index in [-0.39, 0.29) is 0 Å². The van der Waals surface area contributed by atoms with E-state index >= 15 is 0 Å². The highest BCUT2D eigenvalue weighted by Crippen LogP contribution is 2.29. The second kappa shape index (κ2) is 7.14. The van der Waals surface area contributed by atoms with Gasteiger partial charge in [0.25, 0.3) is 0 Å². The van der Waals surface area contributed by atoms with Crippen molar-refractivity contribution in [2.75, 3.05) is 43.8 Å². The first-order valence-corrected chi connectivity index (χ1v) is 7.28. The highest BCUT2D eigenvalue weighted by atomic mass is 16.5. The van der Waals surface area contributed by atoms with E-state index in [2.05, 4.69) is 29.1 Å². The van der Waals surface area contributed by atoms with Gasteiger partial charge in [-0.05, 0) is 44.3 Å². The first kappa shape index (κ1) is 14.7. The summed E-state index contributed by atoms with van der Waals surface area (Å²) >= 11 is 0. The lowest BCUT2D eigenvalue weighted by Gasteiger charge is -2.21. The molecule has 0 amide bonds. The van der Waals surface area contributed by atoms with Gasteiger partial charge in [0.05, 0.1) is 5.69 Å². The van der Waals surface area contributed by atoms with Crippen molar-refractivity contribution in [3.05, 3.63) is 18.2 Å². The molecule has 1 aromatic rings. The number of aliphatic imine (C=N–C) groups is 1. The molecule has 0 spiro atoms. The van der Waals surface area contributed by atoms with Crippen LogP contribution in [0.3, 0.4) is 0 Å². The number of nitrogens with zero attached hydrogens (tertiary/aromatic N) is 2. The fourth-order valence-electron chi connectivity index (χ4n) is 2.24. The van der Waals surface area contributed by atoms with Crippen molar-refractivity contribution in [3.63, 3.8) is 0 Å². The molecule has 0 saturated heterocycles. The maximum atomic E-state index is 5.77. The van der Waals surface area contributed by atoms with E-state index < -0.39 is 0 Å². The van der Waals surface area contributed by atoms with Crippen molar-refractivity contribution in [1.29, 1.82) is 0 Å². The smallest absolute Gasteiger partial charge is 0.145 e. The summed E-state index contributed by atoms with van der Waals surface area (Å²) in [5.74, 6) is 1.71. The predicted octanol–water partition coefficient (Wildman–Crippen LogP) is 2.20. The van der Waals surface area contributed by atoms with E-state index in [1.807, 2.05) is 18.2 Å². The maximum Gasteiger partial charge on any atom is 0.145 e. The molecule has 5 heteroatoms. The quantitative estimate of drug-likeness (QED) is 0.617. The third-order valence-electron chi connectivity index (χ3n) is 3.48. The van der Waals surface area contributed by atoms with Gasteiger partial charge < -0.3 is 20.7 Å². The topological polar surface area (TPSA) is 62.9 Å². The summed E-state index contributed by atoms with van der Waals surface area (Å²) in [6, 6.07) is 5.60. The van der Waals surface area contributed by atoms with E-state index in [1.165, 1.54) is 0 Å². The Balaban J connectivity index is 1.84. The molecule has 2 rings (SSSR count). The molecule has 0 aromatic heterocycles. The lowest BCUT2D eigenvalue weighted by atomic mass is 10.2. The van der Waals surface area contributed by atoms with Crippen LogP contribution in [-0.4, -0.2) is 43.5 Å². The van der Waals surface area contributed by atoms with E-state index in [4.69, 9.17) is 10.5 Å². The summed E-state index contributed by atoms with van der Waals surface area (Å²) in [6.07, 6.45) is 1.07. The molecule has 0 fully saturated rings. The molecule has 0 aliphatic carbocycles. The van der Waals surface area contributed by atoms with Crippen LogP contribution in [0.5, 0.6) is 5.75 Å². The number of fused-ring (bicyclic) bond motifs is 1. The van der Waals surface area contributed by atoms with Crippen LogP contribution >= 0.6 is 0 Å². The van der Waals surface area contributed by atoms with E-state index in [1.54, 1.807) is 0 Å². The zero-order valence-electron chi connectivity index (χ0n) is 12.4. The Labute approximate surface area is 120 Å². The SMILES string of the molecule is CCN(CC)CCCN=C1COc2ccc(N)cc2N1. The molecule has 1 heterocycles. The average molecular weight is 276 g/mol. The fourth-order valence-corrected chi connectivity index (χ4v) is 2.24. The van der Waals surface area contributed by atoms with Gasteiger partial charge in [-0.15, -0.1) is 0 Å². The minimum Gasteiger partial charge on any atom is -0.484 e. The summed E-state index contributed by atoms with van der Waals surface area (Å²) in [5, 5.41) is 3.29. The normalized spacial score (nSPS) is 15.8. The van der Waals surface area contributed by atoms with Crippen molar-refractivity contribution in [1.82, 2.24) is 4.90 Å².